The maximum absolute atomic E-state index is 12.4. The van der Waals surface area contributed by atoms with E-state index in [1.807, 2.05) is 31.9 Å². The number of hydrogen-bond acceptors (Lipinski definition) is 6. The lowest BCUT2D eigenvalue weighted by Crippen LogP contribution is -2.59. The van der Waals surface area contributed by atoms with Crippen molar-refractivity contribution in [1.82, 2.24) is 14.2 Å². The van der Waals surface area contributed by atoms with E-state index in [9.17, 15) is 13.2 Å². The number of carbonyl (C=O) groups excluding carboxylic acids is 1. The van der Waals surface area contributed by atoms with Crippen LogP contribution in [0.15, 0.2) is 12.3 Å². The number of nitrogens with zero attached hydrogens (tertiary/aromatic N) is 3. The van der Waals surface area contributed by atoms with Gasteiger partial charge in [0.25, 0.3) is 0 Å². The van der Waals surface area contributed by atoms with Crippen LogP contribution in [0.1, 0.15) is 76.5 Å². The summed E-state index contributed by atoms with van der Waals surface area (Å²) in [5.41, 5.74) is 1.96. The van der Waals surface area contributed by atoms with E-state index in [0.717, 1.165) is 69.5 Å². The molecule has 2 spiro atoms. The van der Waals surface area contributed by atoms with E-state index in [-0.39, 0.29) is 17.1 Å². The highest BCUT2D eigenvalue weighted by atomic mass is 32.2. The number of aromatic nitrogens is 1. The van der Waals surface area contributed by atoms with E-state index in [4.69, 9.17) is 14.5 Å². The number of likely N-dealkylation sites (tertiary alicyclic amines) is 1. The molecule has 3 aliphatic heterocycles. The maximum Gasteiger partial charge on any atom is 0.410 e. The molecule has 9 heteroatoms. The molecule has 0 radical (unpaired) electrons. The SMILES string of the molecule is CC(C)(C)OC(=O)N1CCC2(CC1)CC1(Cc3cc(C4CCN(S(C)(=O)=O)CC4)ncc3O1)C2. The Labute approximate surface area is 203 Å². The fourth-order valence-corrected chi connectivity index (χ4v) is 7.29. The van der Waals surface area contributed by atoms with Gasteiger partial charge < -0.3 is 14.4 Å². The summed E-state index contributed by atoms with van der Waals surface area (Å²) in [4.78, 5) is 18.9. The third-order valence-corrected chi connectivity index (χ3v) is 9.32. The second-order valence-corrected chi connectivity index (χ2v) is 13.9. The summed E-state index contributed by atoms with van der Waals surface area (Å²) in [6.45, 7) is 8.32. The summed E-state index contributed by atoms with van der Waals surface area (Å²) < 4.78 is 37.1. The molecule has 4 aliphatic rings. The Balaban J connectivity index is 1.16. The first-order valence-corrected chi connectivity index (χ1v) is 14.3. The quantitative estimate of drug-likeness (QED) is 0.627. The van der Waals surface area contributed by atoms with Gasteiger partial charge in [0.2, 0.25) is 10.0 Å². The van der Waals surface area contributed by atoms with Crippen LogP contribution in [0.25, 0.3) is 0 Å². The molecule has 1 aliphatic carbocycles. The molecule has 34 heavy (non-hydrogen) atoms. The lowest BCUT2D eigenvalue weighted by atomic mass is 9.54. The van der Waals surface area contributed by atoms with Crippen molar-refractivity contribution >= 4 is 16.1 Å². The molecule has 4 heterocycles. The highest BCUT2D eigenvalue weighted by Gasteiger charge is 2.59. The number of fused-ring (bicyclic) bond motifs is 1. The third-order valence-electron chi connectivity index (χ3n) is 8.02. The Kier molecular flexibility index (Phi) is 5.67. The Hall–Kier alpha value is -1.87. The van der Waals surface area contributed by atoms with E-state index >= 15 is 0 Å². The molecule has 1 aromatic rings. The van der Waals surface area contributed by atoms with Crippen molar-refractivity contribution in [1.29, 1.82) is 0 Å². The topological polar surface area (TPSA) is 89.0 Å². The number of sulfonamides is 1. The highest BCUT2D eigenvalue weighted by Crippen LogP contribution is 2.60. The van der Waals surface area contributed by atoms with Crippen molar-refractivity contribution in [3.63, 3.8) is 0 Å². The predicted octanol–water partition coefficient (Wildman–Crippen LogP) is 3.71. The minimum Gasteiger partial charge on any atom is -0.485 e. The van der Waals surface area contributed by atoms with Gasteiger partial charge in [-0.3, -0.25) is 4.98 Å². The van der Waals surface area contributed by atoms with Crippen LogP contribution < -0.4 is 4.74 Å². The highest BCUT2D eigenvalue weighted by molar-refractivity contribution is 7.88. The zero-order chi connectivity index (χ0) is 24.4. The van der Waals surface area contributed by atoms with Gasteiger partial charge in [0.1, 0.15) is 17.0 Å². The van der Waals surface area contributed by atoms with Crippen molar-refractivity contribution in [2.45, 2.75) is 82.8 Å². The summed E-state index contributed by atoms with van der Waals surface area (Å²) in [5.74, 6) is 1.20. The van der Waals surface area contributed by atoms with Gasteiger partial charge in [-0.2, -0.15) is 0 Å². The van der Waals surface area contributed by atoms with E-state index in [1.54, 1.807) is 4.31 Å². The van der Waals surface area contributed by atoms with Crippen molar-refractivity contribution < 1.29 is 22.7 Å². The van der Waals surface area contributed by atoms with Crippen molar-refractivity contribution in [3.05, 3.63) is 23.5 Å². The van der Waals surface area contributed by atoms with Gasteiger partial charge in [0.05, 0.1) is 12.5 Å². The predicted molar refractivity (Wildman–Crippen MR) is 128 cm³/mol. The van der Waals surface area contributed by atoms with Gasteiger partial charge in [-0.15, -0.1) is 0 Å². The second kappa shape index (κ2) is 8.08. The smallest absolute Gasteiger partial charge is 0.410 e. The minimum absolute atomic E-state index is 0.129. The summed E-state index contributed by atoms with van der Waals surface area (Å²) in [7, 11) is -3.12. The Morgan fingerprint density at radius 2 is 1.79 bits per heavy atom. The minimum atomic E-state index is -3.12. The van der Waals surface area contributed by atoms with Crippen LogP contribution in [0.2, 0.25) is 0 Å². The number of amides is 1. The molecule has 3 fully saturated rings. The molecule has 0 N–H and O–H groups in total. The standard InChI is InChI=1S/C25H37N3O5S/c1-23(2,3)33-22(29)27-11-7-24(8-12-27)16-25(17-24)14-19-13-20(26-15-21(19)32-25)18-5-9-28(10-6-18)34(4,30)31/h13,15,18H,5-12,14,16-17H2,1-4H3. The van der Waals surface area contributed by atoms with Crippen molar-refractivity contribution in [2.24, 2.45) is 5.41 Å². The first-order valence-electron chi connectivity index (χ1n) is 12.5. The summed E-state index contributed by atoms with van der Waals surface area (Å²) in [6.07, 6.45) is 9.52. The van der Waals surface area contributed by atoms with Crippen molar-refractivity contribution in [2.75, 3.05) is 32.4 Å². The molecule has 1 amide bonds. The average molecular weight is 492 g/mol. The molecule has 188 valence electrons. The largest absolute Gasteiger partial charge is 0.485 e. The lowest BCUT2D eigenvalue weighted by Gasteiger charge is -2.56. The number of carbonyl (C=O) groups is 1. The van der Waals surface area contributed by atoms with Crippen molar-refractivity contribution in [3.8, 4) is 5.75 Å². The van der Waals surface area contributed by atoms with Crippen LogP contribution in [0.5, 0.6) is 5.75 Å². The first-order chi connectivity index (χ1) is 15.9. The van der Waals surface area contributed by atoms with E-state index in [0.29, 0.717) is 19.0 Å². The molecular weight excluding hydrogens is 454 g/mol. The van der Waals surface area contributed by atoms with Crippen LogP contribution >= 0.6 is 0 Å². The average Bonchev–Trinajstić information content (AvgIpc) is 3.10. The third kappa shape index (κ3) is 4.65. The molecule has 1 saturated carbocycles. The van der Waals surface area contributed by atoms with Crippen LogP contribution in [0.3, 0.4) is 0 Å². The lowest BCUT2D eigenvalue weighted by molar-refractivity contribution is -0.120. The van der Waals surface area contributed by atoms with Gasteiger partial charge in [0, 0.05) is 49.8 Å². The molecule has 2 saturated heterocycles. The Bertz CT molecular complexity index is 1060. The molecule has 0 aromatic carbocycles. The van der Waals surface area contributed by atoms with Crippen LogP contribution in [0.4, 0.5) is 4.79 Å². The number of piperidine rings is 2. The Morgan fingerprint density at radius 3 is 2.38 bits per heavy atom. The molecule has 5 rings (SSSR count). The molecule has 0 bridgehead atoms. The Morgan fingerprint density at radius 1 is 1.15 bits per heavy atom. The summed E-state index contributed by atoms with van der Waals surface area (Å²) >= 11 is 0. The van der Waals surface area contributed by atoms with Gasteiger partial charge >= 0.3 is 6.09 Å². The van der Waals surface area contributed by atoms with E-state index < -0.39 is 15.6 Å². The summed E-state index contributed by atoms with van der Waals surface area (Å²) in [5, 5.41) is 0. The molecular formula is C25H37N3O5S. The fraction of sp³-hybridized carbons (Fsp3) is 0.760. The molecule has 8 nitrogen and oxygen atoms in total. The number of hydrogen-bond donors (Lipinski definition) is 0. The van der Waals surface area contributed by atoms with Gasteiger partial charge in [-0.25, -0.2) is 17.5 Å². The summed E-state index contributed by atoms with van der Waals surface area (Å²) in [6, 6.07) is 2.20. The fourth-order valence-electron chi connectivity index (χ4n) is 6.41. The maximum atomic E-state index is 12.4. The second-order valence-electron chi connectivity index (χ2n) is 11.9. The zero-order valence-corrected chi connectivity index (χ0v) is 21.6. The van der Waals surface area contributed by atoms with E-state index in [1.165, 1.54) is 11.8 Å². The van der Waals surface area contributed by atoms with Gasteiger partial charge in [0.15, 0.2) is 0 Å². The van der Waals surface area contributed by atoms with Crippen LogP contribution in [-0.2, 0) is 21.2 Å². The zero-order valence-electron chi connectivity index (χ0n) is 20.8. The van der Waals surface area contributed by atoms with Gasteiger partial charge in [-0.1, -0.05) is 0 Å². The number of pyridine rings is 1. The monoisotopic (exact) mass is 491 g/mol. The van der Waals surface area contributed by atoms with Gasteiger partial charge in [-0.05, 0) is 70.8 Å². The van der Waals surface area contributed by atoms with Crippen LogP contribution in [-0.4, -0.2) is 72.3 Å². The molecule has 1 aromatic heterocycles. The number of rotatable bonds is 2. The molecule has 0 unspecified atom stereocenters. The normalized spacial score (nSPS) is 24.5. The molecule has 0 atom stereocenters. The van der Waals surface area contributed by atoms with E-state index in [2.05, 4.69) is 6.07 Å². The van der Waals surface area contributed by atoms with Crippen LogP contribution in [0, 0.1) is 5.41 Å². The number of ether oxygens (including phenoxy) is 2. The first kappa shape index (κ1) is 23.9.